The molecule has 3 aromatic carbocycles. The summed E-state index contributed by atoms with van der Waals surface area (Å²) in [5.41, 5.74) is 6.47. The number of hydrogen-bond donors (Lipinski definition) is 1. The minimum Gasteiger partial charge on any atom is -0.459 e. The maximum atomic E-state index is 13.2. The molecule has 0 radical (unpaired) electrons. The number of Topliss-reactive ketones (excluding diaryl/α,β-unsaturated/α-hetero) is 1. The number of amides is 1. The molecule has 1 saturated heterocycles. The van der Waals surface area contributed by atoms with Crippen LogP contribution in [-0.2, 0) is 12.8 Å². The van der Waals surface area contributed by atoms with E-state index in [0.29, 0.717) is 17.9 Å². The van der Waals surface area contributed by atoms with Gasteiger partial charge in [0.25, 0.3) is 5.91 Å². The number of nitrogens with one attached hydrogen (secondary N) is 1. The van der Waals surface area contributed by atoms with Gasteiger partial charge in [0, 0.05) is 36.4 Å². The molecule has 5 heteroatoms. The minimum absolute atomic E-state index is 0.131. The van der Waals surface area contributed by atoms with E-state index in [9.17, 15) is 9.59 Å². The van der Waals surface area contributed by atoms with E-state index < -0.39 is 0 Å². The fourth-order valence-electron chi connectivity index (χ4n) is 6.23. The average Bonchev–Trinajstić information content (AvgIpc) is 3.48. The molecule has 1 unspecified atom stereocenters. The Morgan fingerprint density at radius 3 is 2.49 bits per heavy atom. The maximum absolute atomic E-state index is 13.2. The van der Waals surface area contributed by atoms with Crippen LogP contribution in [0.4, 0.5) is 11.4 Å². The summed E-state index contributed by atoms with van der Waals surface area (Å²) in [5.74, 6) is 0.611. The standard InChI is InChI=1S/C38H44N2O3/c1-29-13-9-10-18-35(29)40-24-11-17-31(23-25-40)27-32-21-22-33(28-34(32)39-38(42)37-20-12-26-43-37)36(41)19-8-3-2-5-14-30-15-6-4-7-16-30/h4,6-7,9-10,12-13,15-16,18,20-22,26,28,31H,2-3,5,8,11,14,17,19,23-25,27H2,1H3,(H,39,42). The van der Waals surface area contributed by atoms with Crippen molar-refractivity contribution in [3.63, 3.8) is 0 Å². The zero-order valence-corrected chi connectivity index (χ0v) is 25.4. The normalized spacial score (nSPS) is 15.2. The van der Waals surface area contributed by atoms with E-state index in [0.717, 1.165) is 82.1 Å². The highest BCUT2D eigenvalue weighted by atomic mass is 16.3. The number of carbonyl (C=O) groups excluding carboxylic acids is 2. The van der Waals surface area contributed by atoms with Gasteiger partial charge in [-0.2, -0.15) is 0 Å². The van der Waals surface area contributed by atoms with Gasteiger partial charge in [0.05, 0.1) is 6.26 Å². The van der Waals surface area contributed by atoms with E-state index in [-0.39, 0.29) is 17.5 Å². The van der Waals surface area contributed by atoms with Gasteiger partial charge in [0.15, 0.2) is 11.5 Å². The zero-order chi connectivity index (χ0) is 29.9. The van der Waals surface area contributed by atoms with Crippen molar-refractivity contribution in [1.29, 1.82) is 0 Å². The van der Waals surface area contributed by atoms with E-state index in [2.05, 4.69) is 71.7 Å². The van der Waals surface area contributed by atoms with Crippen LogP contribution >= 0.6 is 0 Å². The van der Waals surface area contributed by atoms with Gasteiger partial charge in [0.2, 0.25) is 0 Å². The number of aryl methyl sites for hydroxylation is 2. The third kappa shape index (κ3) is 8.70. The molecule has 5 nitrogen and oxygen atoms in total. The summed E-state index contributed by atoms with van der Waals surface area (Å²) >= 11 is 0. The van der Waals surface area contributed by atoms with Crippen LogP contribution in [0.5, 0.6) is 0 Å². The van der Waals surface area contributed by atoms with E-state index in [4.69, 9.17) is 4.42 Å². The molecule has 4 aromatic rings. The van der Waals surface area contributed by atoms with E-state index in [1.165, 1.54) is 23.1 Å². The van der Waals surface area contributed by atoms with Crippen molar-refractivity contribution >= 4 is 23.1 Å². The van der Waals surface area contributed by atoms with Crippen molar-refractivity contribution in [1.82, 2.24) is 0 Å². The first kappa shape index (κ1) is 30.3. The molecule has 1 aliphatic heterocycles. The lowest BCUT2D eigenvalue weighted by Gasteiger charge is -2.25. The van der Waals surface area contributed by atoms with Crippen molar-refractivity contribution in [2.75, 3.05) is 23.3 Å². The highest BCUT2D eigenvalue weighted by molar-refractivity contribution is 6.04. The summed E-state index contributed by atoms with van der Waals surface area (Å²) in [6, 6.07) is 28.4. The Morgan fingerprint density at radius 2 is 1.67 bits per heavy atom. The molecule has 2 heterocycles. The van der Waals surface area contributed by atoms with Crippen molar-refractivity contribution in [2.24, 2.45) is 5.92 Å². The summed E-state index contributed by atoms with van der Waals surface area (Å²) in [5, 5.41) is 3.06. The molecule has 1 fully saturated rings. The van der Waals surface area contributed by atoms with Crippen LogP contribution in [0, 0.1) is 12.8 Å². The van der Waals surface area contributed by atoms with Gasteiger partial charge in [-0.25, -0.2) is 0 Å². The number of hydrogen-bond acceptors (Lipinski definition) is 4. The summed E-state index contributed by atoms with van der Waals surface area (Å²) in [4.78, 5) is 28.7. The number of ketones is 1. The smallest absolute Gasteiger partial charge is 0.291 e. The van der Waals surface area contributed by atoms with Crippen LogP contribution in [0.25, 0.3) is 0 Å². The summed E-state index contributed by atoms with van der Waals surface area (Å²) in [6.07, 6.45) is 11.5. The molecule has 1 aliphatic rings. The van der Waals surface area contributed by atoms with Gasteiger partial charge < -0.3 is 14.6 Å². The Hall–Kier alpha value is -4.12. The highest BCUT2D eigenvalue weighted by Gasteiger charge is 2.21. The summed E-state index contributed by atoms with van der Waals surface area (Å²) in [7, 11) is 0. The molecule has 1 N–H and O–H groups in total. The maximum Gasteiger partial charge on any atom is 0.291 e. The molecule has 1 atom stereocenters. The van der Waals surface area contributed by atoms with E-state index >= 15 is 0 Å². The third-order valence-corrected chi connectivity index (χ3v) is 8.70. The molecule has 0 bridgehead atoms. The zero-order valence-electron chi connectivity index (χ0n) is 25.4. The molecule has 224 valence electrons. The number of para-hydroxylation sites is 1. The van der Waals surface area contributed by atoms with Crippen molar-refractivity contribution < 1.29 is 14.0 Å². The van der Waals surface area contributed by atoms with E-state index in [1.807, 2.05) is 18.2 Å². The van der Waals surface area contributed by atoms with Gasteiger partial charge in [-0.1, -0.05) is 73.5 Å². The second kappa shape index (κ2) is 15.4. The first-order chi connectivity index (χ1) is 21.1. The lowest BCUT2D eigenvalue weighted by atomic mass is 9.90. The van der Waals surface area contributed by atoms with Crippen LogP contribution in [0.15, 0.2) is 95.6 Å². The first-order valence-electron chi connectivity index (χ1n) is 15.9. The Morgan fingerprint density at radius 1 is 0.860 bits per heavy atom. The van der Waals surface area contributed by atoms with E-state index in [1.54, 1.807) is 12.1 Å². The lowest BCUT2D eigenvalue weighted by Crippen LogP contribution is -2.25. The van der Waals surface area contributed by atoms with Crippen LogP contribution in [0.1, 0.15) is 89.0 Å². The Labute approximate surface area is 256 Å². The molecule has 1 aromatic heterocycles. The predicted molar refractivity (Wildman–Crippen MR) is 175 cm³/mol. The monoisotopic (exact) mass is 576 g/mol. The van der Waals surface area contributed by atoms with Crippen molar-refractivity contribution in [2.45, 2.75) is 71.1 Å². The molecular weight excluding hydrogens is 532 g/mol. The number of unbranched alkanes of at least 4 members (excludes halogenated alkanes) is 3. The van der Waals surface area contributed by atoms with Gasteiger partial charge in [0.1, 0.15) is 0 Å². The molecule has 43 heavy (non-hydrogen) atoms. The molecular formula is C38H44N2O3. The average molecular weight is 577 g/mol. The fourth-order valence-corrected chi connectivity index (χ4v) is 6.23. The Kier molecular flexibility index (Phi) is 10.9. The van der Waals surface area contributed by atoms with Crippen LogP contribution in [-0.4, -0.2) is 24.8 Å². The minimum atomic E-state index is -0.291. The largest absolute Gasteiger partial charge is 0.459 e. The van der Waals surface area contributed by atoms with Crippen molar-refractivity contribution in [3.8, 4) is 0 Å². The number of benzene rings is 3. The van der Waals surface area contributed by atoms with Crippen LogP contribution < -0.4 is 10.2 Å². The number of nitrogens with zero attached hydrogens (tertiary/aromatic N) is 1. The molecule has 0 aliphatic carbocycles. The van der Waals surface area contributed by atoms with Gasteiger partial charge in [-0.3, -0.25) is 9.59 Å². The molecule has 1 amide bonds. The number of rotatable bonds is 13. The van der Waals surface area contributed by atoms with Gasteiger partial charge in [-0.05, 0) is 98.7 Å². The molecule has 0 spiro atoms. The topological polar surface area (TPSA) is 62.6 Å². The number of anilines is 2. The second-order valence-corrected chi connectivity index (χ2v) is 11.9. The molecule has 0 saturated carbocycles. The Bertz CT molecular complexity index is 1460. The number of carbonyl (C=O) groups is 2. The predicted octanol–water partition coefficient (Wildman–Crippen LogP) is 9.07. The van der Waals surface area contributed by atoms with Crippen LogP contribution in [0.2, 0.25) is 0 Å². The highest BCUT2D eigenvalue weighted by Crippen LogP contribution is 2.30. The summed E-state index contributed by atoms with van der Waals surface area (Å²) < 4.78 is 5.34. The fraction of sp³-hybridized carbons (Fsp3) is 0.368. The molecule has 5 rings (SSSR count). The summed E-state index contributed by atoms with van der Waals surface area (Å²) in [6.45, 7) is 4.26. The number of furan rings is 1. The van der Waals surface area contributed by atoms with Crippen molar-refractivity contribution in [3.05, 3.63) is 119 Å². The van der Waals surface area contributed by atoms with Crippen LogP contribution in [0.3, 0.4) is 0 Å². The lowest BCUT2D eigenvalue weighted by molar-refractivity contribution is 0.0974. The van der Waals surface area contributed by atoms with Gasteiger partial charge >= 0.3 is 0 Å². The van der Waals surface area contributed by atoms with Gasteiger partial charge in [-0.15, -0.1) is 0 Å². The SMILES string of the molecule is Cc1ccccc1N1CCCC(Cc2ccc(C(=O)CCCCCCc3ccccc3)cc2NC(=O)c2ccco2)CC1. The second-order valence-electron chi connectivity index (χ2n) is 11.9. The quantitative estimate of drug-likeness (QED) is 0.127. The Balaban J connectivity index is 1.20. The third-order valence-electron chi connectivity index (χ3n) is 8.70. The first-order valence-corrected chi connectivity index (χ1v) is 15.9.